The molecule has 0 atom stereocenters. The number of rotatable bonds is 6. The van der Waals surface area contributed by atoms with Gasteiger partial charge < -0.3 is 9.15 Å². The SMILES string of the molecule is COC(=O)CCn1c(SCc2nc3ccccc3o2)nc2ccccc2c1=O. The van der Waals surface area contributed by atoms with E-state index >= 15 is 0 Å². The zero-order valence-corrected chi connectivity index (χ0v) is 15.9. The van der Waals surface area contributed by atoms with E-state index in [9.17, 15) is 9.59 Å². The molecule has 8 heteroatoms. The van der Waals surface area contributed by atoms with Crippen LogP contribution in [0.25, 0.3) is 22.0 Å². The maximum absolute atomic E-state index is 12.9. The average molecular weight is 395 g/mol. The number of nitrogens with zero attached hydrogens (tertiary/aromatic N) is 3. The maximum Gasteiger partial charge on any atom is 0.307 e. The lowest BCUT2D eigenvalue weighted by Crippen LogP contribution is -2.24. The van der Waals surface area contributed by atoms with Gasteiger partial charge in [0.15, 0.2) is 10.7 Å². The van der Waals surface area contributed by atoms with E-state index in [0.29, 0.717) is 33.3 Å². The van der Waals surface area contributed by atoms with E-state index < -0.39 is 0 Å². The van der Waals surface area contributed by atoms with E-state index in [1.807, 2.05) is 30.3 Å². The van der Waals surface area contributed by atoms with E-state index in [0.717, 1.165) is 5.52 Å². The number of carbonyl (C=O) groups is 1. The molecule has 0 spiro atoms. The van der Waals surface area contributed by atoms with Crippen LogP contribution in [0.1, 0.15) is 12.3 Å². The van der Waals surface area contributed by atoms with Gasteiger partial charge in [-0.05, 0) is 24.3 Å². The fraction of sp³-hybridized carbons (Fsp3) is 0.200. The molecule has 0 aliphatic heterocycles. The fourth-order valence-corrected chi connectivity index (χ4v) is 3.74. The first-order valence-corrected chi connectivity index (χ1v) is 9.68. The third-order valence-electron chi connectivity index (χ3n) is 4.26. The zero-order chi connectivity index (χ0) is 19.5. The van der Waals surface area contributed by atoms with Crippen molar-refractivity contribution in [1.82, 2.24) is 14.5 Å². The van der Waals surface area contributed by atoms with Crippen LogP contribution in [0.2, 0.25) is 0 Å². The number of fused-ring (bicyclic) bond motifs is 2. The molecule has 2 aromatic heterocycles. The number of aromatic nitrogens is 3. The first kappa shape index (κ1) is 18.2. The van der Waals surface area contributed by atoms with Gasteiger partial charge in [-0.1, -0.05) is 36.0 Å². The second-order valence-electron chi connectivity index (χ2n) is 6.06. The molecular formula is C20H17N3O4S. The molecule has 0 bridgehead atoms. The third-order valence-corrected chi connectivity index (χ3v) is 5.22. The summed E-state index contributed by atoms with van der Waals surface area (Å²) in [6.07, 6.45) is 0.0902. The van der Waals surface area contributed by atoms with Crippen LogP contribution in [0.5, 0.6) is 0 Å². The lowest BCUT2D eigenvalue weighted by atomic mass is 10.2. The number of esters is 1. The summed E-state index contributed by atoms with van der Waals surface area (Å²) in [5, 5.41) is 1.02. The Bertz CT molecular complexity index is 1180. The van der Waals surface area contributed by atoms with Crippen LogP contribution in [0.15, 0.2) is 62.9 Å². The Hall–Kier alpha value is -3.13. The molecular weight excluding hydrogens is 378 g/mol. The van der Waals surface area contributed by atoms with Crippen LogP contribution in [0.4, 0.5) is 0 Å². The summed E-state index contributed by atoms with van der Waals surface area (Å²) >= 11 is 1.35. The van der Waals surface area contributed by atoms with E-state index in [2.05, 4.69) is 9.97 Å². The van der Waals surface area contributed by atoms with Crippen LogP contribution in [0.3, 0.4) is 0 Å². The molecule has 2 heterocycles. The molecule has 0 unspecified atom stereocenters. The molecule has 2 aromatic carbocycles. The Morgan fingerprint density at radius 2 is 1.86 bits per heavy atom. The average Bonchev–Trinajstić information content (AvgIpc) is 3.14. The molecule has 0 aliphatic rings. The predicted molar refractivity (Wildman–Crippen MR) is 106 cm³/mol. The molecule has 0 N–H and O–H groups in total. The highest BCUT2D eigenvalue weighted by molar-refractivity contribution is 7.98. The summed E-state index contributed by atoms with van der Waals surface area (Å²) in [6.45, 7) is 0.194. The van der Waals surface area contributed by atoms with Crippen molar-refractivity contribution in [3.05, 3.63) is 64.8 Å². The van der Waals surface area contributed by atoms with Crippen molar-refractivity contribution in [3.8, 4) is 0 Å². The molecule has 0 fully saturated rings. The minimum Gasteiger partial charge on any atom is -0.469 e. The zero-order valence-electron chi connectivity index (χ0n) is 15.1. The van der Waals surface area contributed by atoms with Crippen LogP contribution in [0, 0.1) is 0 Å². The molecule has 142 valence electrons. The first-order chi connectivity index (χ1) is 13.7. The molecule has 0 amide bonds. The third kappa shape index (κ3) is 3.63. The minimum atomic E-state index is -0.380. The van der Waals surface area contributed by atoms with Crippen molar-refractivity contribution in [2.24, 2.45) is 0 Å². The number of carbonyl (C=O) groups excluding carboxylic acids is 1. The van der Waals surface area contributed by atoms with Gasteiger partial charge in [0, 0.05) is 6.54 Å². The molecule has 28 heavy (non-hydrogen) atoms. The number of para-hydroxylation sites is 3. The topological polar surface area (TPSA) is 87.2 Å². The number of methoxy groups -OCH3 is 1. The molecule has 0 radical (unpaired) electrons. The van der Waals surface area contributed by atoms with Crippen molar-refractivity contribution >= 4 is 39.7 Å². The van der Waals surface area contributed by atoms with Crippen molar-refractivity contribution in [2.75, 3.05) is 7.11 Å². The summed E-state index contributed by atoms with van der Waals surface area (Å²) in [6, 6.07) is 14.7. The predicted octanol–water partition coefficient (Wildman–Crippen LogP) is 3.39. The quantitative estimate of drug-likeness (QED) is 0.281. The lowest BCUT2D eigenvalue weighted by Gasteiger charge is -2.12. The summed E-state index contributed by atoms with van der Waals surface area (Å²) in [5.41, 5.74) is 1.93. The second kappa shape index (κ2) is 7.85. The number of oxazole rings is 1. The van der Waals surface area contributed by atoms with Gasteiger partial charge in [0.05, 0.1) is 30.2 Å². The Morgan fingerprint density at radius 1 is 1.11 bits per heavy atom. The molecule has 0 saturated carbocycles. The second-order valence-corrected chi connectivity index (χ2v) is 7.00. The number of thioether (sulfide) groups is 1. The van der Waals surface area contributed by atoms with Crippen LogP contribution >= 0.6 is 11.8 Å². The lowest BCUT2D eigenvalue weighted by molar-refractivity contribution is -0.140. The monoisotopic (exact) mass is 395 g/mol. The summed E-state index contributed by atoms with van der Waals surface area (Å²) < 4.78 is 11.9. The van der Waals surface area contributed by atoms with Crippen molar-refractivity contribution in [1.29, 1.82) is 0 Å². The Labute approximate surface area is 164 Å². The van der Waals surface area contributed by atoms with Gasteiger partial charge in [-0.25, -0.2) is 9.97 Å². The van der Waals surface area contributed by atoms with Gasteiger partial charge in [-0.2, -0.15) is 0 Å². The highest BCUT2D eigenvalue weighted by Gasteiger charge is 2.14. The van der Waals surface area contributed by atoms with E-state index in [-0.39, 0.29) is 24.5 Å². The first-order valence-electron chi connectivity index (χ1n) is 8.69. The summed E-state index contributed by atoms with van der Waals surface area (Å²) in [5.74, 6) is 0.584. The van der Waals surface area contributed by atoms with Crippen LogP contribution in [-0.2, 0) is 21.8 Å². The Morgan fingerprint density at radius 3 is 2.64 bits per heavy atom. The van der Waals surface area contributed by atoms with Gasteiger partial charge in [-0.3, -0.25) is 14.2 Å². The van der Waals surface area contributed by atoms with Crippen LogP contribution in [-0.4, -0.2) is 27.6 Å². The minimum absolute atomic E-state index is 0.0902. The maximum atomic E-state index is 12.9. The van der Waals surface area contributed by atoms with Crippen LogP contribution < -0.4 is 5.56 Å². The Balaban J connectivity index is 1.67. The highest BCUT2D eigenvalue weighted by atomic mass is 32.2. The van der Waals surface area contributed by atoms with Crippen molar-refractivity contribution in [3.63, 3.8) is 0 Å². The molecule has 4 rings (SSSR count). The van der Waals surface area contributed by atoms with E-state index in [1.165, 1.54) is 23.4 Å². The summed E-state index contributed by atoms with van der Waals surface area (Å²) in [7, 11) is 1.33. The largest absolute Gasteiger partial charge is 0.469 e. The molecule has 0 aliphatic carbocycles. The highest BCUT2D eigenvalue weighted by Crippen LogP contribution is 2.24. The number of hydrogen-bond acceptors (Lipinski definition) is 7. The number of ether oxygens (including phenoxy) is 1. The molecule has 4 aromatic rings. The van der Waals surface area contributed by atoms with Gasteiger partial charge in [0.25, 0.3) is 5.56 Å². The van der Waals surface area contributed by atoms with Gasteiger partial charge in [-0.15, -0.1) is 0 Å². The number of hydrogen-bond donors (Lipinski definition) is 0. The normalized spacial score (nSPS) is 11.2. The van der Waals surface area contributed by atoms with E-state index in [4.69, 9.17) is 9.15 Å². The number of benzene rings is 2. The van der Waals surface area contributed by atoms with Gasteiger partial charge in [0.1, 0.15) is 5.52 Å². The smallest absolute Gasteiger partial charge is 0.307 e. The van der Waals surface area contributed by atoms with Gasteiger partial charge >= 0.3 is 5.97 Å². The standard InChI is InChI=1S/C20H17N3O4S/c1-26-18(24)10-11-23-19(25)13-6-2-3-7-14(13)22-20(23)28-12-17-21-15-8-4-5-9-16(15)27-17/h2-9H,10-12H2,1H3. The van der Waals surface area contributed by atoms with Crippen molar-refractivity contribution in [2.45, 2.75) is 23.9 Å². The molecule has 7 nitrogen and oxygen atoms in total. The van der Waals surface area contributed by atoms with Crippen molar-refractivity contribution < 1.29 is 13.9 Å². The molecule has 0 saturated heterocycles. The summed E-state index contributed by atoms with van der Waals surface area (Å²) in [4.78, 5) is 33.5. The van der Waals surface area contributed by atoms with E-state index in [1.54, 1.807) is 18.2 Å². The van der Waals surface area contributed by atoms with Gasteiger partial charge in [0.2, 0.25) is 5.89 Å². The Kier molecular flexibility index (Phi) is 5.12. The fourth-order valence-electron chi connectivity index (χ4n) is 2.87.